The van der Waals surface area contributed by atoms with Crippen molar-refractivity contribution in [1.29, 1.82) is 0 Å². The van der Waals surface area contributed by atoms with E-state index in [1.807, 2.05) is 19.3 Å². The topological polar surface area (TPSA) is 24.9 Å². The van der Waals surface area contributed by atoms with Crippen LogP contribution in [0.1, 0.15) is 22.9 Å². The summed E-state index contributed by atoms with van der Waals surface area (Å²) in [6.45, 7) is 2.14. The molecule has 1 aromatic heterocycles. The Morgan fingerprint density at radius 3 is 2.53 bits per heavy atom. The van der Waals surface area contributed by atoms with Crippen molar-refractivity contribution in [3.63, 3.8) is 0 Å². The Morgan fingerprint density at radius 2 is 1.89 bits per heavy atom. The van der Waals surface area contributed by atoms with Crippen LogP contribution in [0.25, 0.3) is 0 Å². The molecule has 0 aliphatic carbocycles. The Bertz CT molecular complexity index is 553. The van der Waals surface area contributed by atoms with Gasteiger partial charge in [0.15, 0.2) is 0 Å². The van der Waals surface area contributed by atoms with Gasteiger partial charge < -0.3 is 5.32 Å². The van der Waals surface area contributed by atoms with E-state index in [1.165, 1.54) is 11.1 Å². The molecule has 2 rings (SSSR count). The first-order valence-electron chi connectivity index (χ1n) is 6.14. The van der Waals surface area contributed by atoms with Crippen LogP contribution in [-0.4, -0.2) is 12.0 Å². The summed E-state index contributed by atoms with van der Waals surface area (Å²) in [6.07, 6.45) is 2.72. The van der Waals surface area contributed by atoms with Crippen molar-refractivity contribution in [2.75, 3.05) is 7.05 Å². The molecule has 0 amide bonds. The first-order valence-corrected chi connectivity index (χ1v) is 7.72. The van der Waals surface area contributed by atoms with E-state index >= 15 is 0 Å². The molecule has 2 nitrogen and oxygen atoms in total. The van der Waals surface area contributed by atoms with Gasteiger partial charge in [0.1, 0.15) is 0 Å². The molecule has 100 valence electrons. The lowest BCUT2D eigenvalue weighted by atomic mass is 9.97. The number of hydrogen-bond donors (Lipinski definition) is 1. The summed E-state index contributed by atoms with van der Waals surface area (Å²) >= 11 is 6.95. The van der Waals surface area contributed by atoms with Crippen LogP contribution in [0.5, 0.6) is 0 Å². The van der Waals surface area contributed by atoms with E-state index in [2.05, 4.69) is 73.3 Å². The van der Waals surface area contributed by atoms with Gasteiger partial charge in [-0.05, 0) is 65.3 Å². The molecular formula is C15H16Br2N2. The number of rotatable bonds is 4. The summed E-state index contributed by atoms with van der Waals surface area (Å²) < 4.78 is 2.12. The molecule has 0 saturated carbocycles. The number of hydrogen-bond acceptors (Lipinski definition) is 2. The molecule has 0 aliphatic heterocycles. The van der Waals surface area contributed by atoms with Crippen LogP contribution >= 0.6 is 31.9 Å². The fourth-order valence-electron chi connectivity index (χ4n) is 2.09. The van der Waals surface area contributed by atoms with E-state index in [0.717, 1.165) is 21.1 Å². The molecule has 0 saturated heterocycles. The number of halogens is 2. The van der Waals surface area contributed by atoms with Gasteiger partial charge in [0.05, 0.1) is 0 Å². The second-order valence-electron chi connectivity index (χ2n) is 4.51. The molecule has 1 heterocycles. The standard InChI is InChI=1S/C15H16Br2N2/c1-10-3-4-11(16)7-14(10)15(18-2)8-13-6-5-12(17)9-19-13/h3-7,9,15,18H,8H2,1-2H3. The molecule has 19 heavy (non-hydrogen) atoms. The van der Waals surface area contributed by atoms with Gasteiger partial charge in [-0.2, -0.15) is 0 Å². The highest BCUT2D eigenvalue weighted by molar-refractivity contribution is 9.10. The Hall–Kier alpha value is -0.710. The maximum Gasteiger partial charge on any atom is 0.0423 e. The Labute approximate surface area is 130 Å². The summed E-state index contributed by atoms with van der Waals surface area (Å²) in [4.78, 5) is 4.45. The van der Waals surface area contributed by atoms with Gasteiger partial charge in [-0.15, -0.1) is 0 Å². The van der Waals surface area contributed by atoms with Crippen molar-refractivity contribution in [2.24, 2.45) is 0 Å². The molecule has 0 spiro atoms. The number of aryl methyl sites for hydroxylation is 1. The summed E-state index contributed by atoms with van der Waals surface area (Å²) in [5.41, 5.74) is 3.68. The molecule has 1 atom stereocenters. The van der Waals surface area contributed by atoms with Gasteiger partial charge in [-0.1, -0.05) is 22.0 Å². The van der Waals surface area contributed by atoms with Gasteiger partial charge in [0.25, 0.3) is 0 Å². The third-order valence-electron chi connectivity index (χ3n) is 3.17. The second kappa shape index (κ2) is 6.64. The zero-order valence-electron chi connectivity index (χ0n) is 11.0. The number of benzene rings is 1. The zero-order valence-corrected chi connectivity index (χ0v) is 14.1. The predicted molar refractivity (Wildman–Crippen MR) is 86.3 cm³/mol. The van der Waals surface area contributed by atoms with Crippen LogP contribution < -0.4 is 5.32 Å². The SMILES string of the molecule is CNC(Cc1ccc(Br)cn1)c1cc(Br)ccc1C. The minimum Gasteiger partial charge on any atom is -0.313 e. The van der Waals surface area contributed by atoms with Crippen LogP contribution in [0.15, 0.2) is 45.5 Å². The molecule has 0 aliphatic rings. The fourth-order valence-corrected chi connectivity index (χ4v) is 2.70. The number of nitrogens with one attached hydrogen (secondary N) is 1. The normalized spacial score (nSPS) is 12.4. The summed E-state index contributed by atoms with van der Waals surface area (Å²) in [5, 5.41) is 3.38. The minimum atomic E-state index is 0.270. The average molecular weight is 384 g/mol. The highest BCUT2D eigenvalue weighted by atomic mass is 79.9. The first kappa shape index (κ1) is 14.7. The molecule has 4 heteroatoms. The van der Waals surface area contributed by atoms with Crippen molar-refractivity contribution in [3.8, 4) is 0 Å². The molecule has 1 aromatic carbocycles. The molecule has 0 fully saturated rings. The molecule has 0 radical (unpaired) electrons. The Balaban J connectivity index is 2.24. The number of nitrogens with zero attached hydrogens (tertiary/aromatic N) is 1. The molecule has 1 N–H and O–H groups in total. The van der Waals surface area contributed by atoms with E-state index in [1.54, 1.807) is 0 Å². The maximum absolute atomic E-state index is 4.45. The molecule has 2 aromatic rings. The third-order valence-corrected chi connectivity index (χ3v) is 4.13. The zero-order chi connectivity index (χ0) is 13.8. The lowest BCUT2D eigenvalue weighted by molar-refractivity contribution is 0.581. The summed E-state index contributed by atoms with van der Waals surface area (Å²) in [6, 6.07) is 10.7. The number of aromatic nitrogens is 1. The maximum atomic E-state index is 4.45. The third kappa shape index (κ3) is 3.88. The summed E-state index contributed by atoms with van der Waals surface area (Å²) in [5.74, 6) is 0. The van der Waals surface area contributed by atoms with Crippen LogP contribution in [0.3, 0.4) is 0 Å². The van der Waals surface area contributed by atoms with Crippen LogP contribution in [0.2, 0.25) is 0 Å². The first-order chi connectivity index (χ1) is 9.10. The predicted octanol–water partition coefficient (Wildman–Crippen LogP) is 4.42. The van der Waals surface area contributed by atoms with Gasteiger partial charge >= 0.3 is 0 Å². The van der Waals surface area contributed by atoms with Crippen molar-refractivity contribution in [1.82, 2.24) is 10.3 Å². The molecular weight excluding hydrogens is 368 g/mol. The highest BCUT2D eigenvalue weighted by Gasteiger charge is 2.13. The number of pyridine rings is 1. The fraction of sp³-hybridized carbons (Fsp3) is 0.267. The Morgan fingerprint density at radius 1 is 1.16 bits per heavy atom. The molecule has 1 unspecified atom stereocenters. The van der Waals surface area contributed by atoms with E-state index < -0.39 is 0 Å². The van der Waals surface area contributed by atoms with Crippen molar-refractivity contribution < 1.29 is 0 Å². The van der Waals surface area contributed by atoms with E-state index in [0.29, 0.717) is 0 Å². The lowest BCUT2D eigenvalue weighted by Crippen LogP contribution is -2.20. The van der Waals surface area contributed by atoms with E-state index in [-0.39, 0.29) is 6.04 Å². The van der Waals surface area contributed by atoms with Gasteiger partial charge in [-0.25, -0.2) is 0 Å². The average Bonchev–Trinajstić information content (AvgIpc) is 2.41. The largest absolute Gasteiger partial charge is 0.313 e. The smallest absolute Gasteiger partial charge is 0.0423 e. The molecule has 0 bridgehead atoms. The van der Waals surface area contributed by atoms with Crippen LogP contribution in [-0.2, 0) is 6.42 Å². The van der Waals surface area contributed by atoms with Gasteiger partial charge in [-0.3, -0.25) is 4.98 Å². The highest BCUT2D eigenvalue weighted by Crippen LogP contribution is 2.24. The van der Waals surface area contributed by atoms with Crippen molar-refractivity contribution in [3.05, 3.63) is 62.3 Å². The number of likely N-dealkylation sites (N-methyl/N-ethyl adjacent to an activating group) is 1. The van der Waals surface area contributed by atoms with Crippen LogP contribution in [0, 0.1) is 6.92 Å². The van der Waals surface area contributed by atoms with E-state index in [9.17, 15) is 0 Å². The quantitative estimate of drug-likeness (QED) is 0.845. The van der Waals surface area contributed by atoms with Crippen molar-refractivity contribution in [2.45, 2.75) is 19.4 Å². The lowest BCUT2D eigenvalue weighted by Gasteiger charge is -2.19. The van der Waals surface area contributed by atoms with Gasteiger partial charge in [0.2, 0.25) is 0 Å². The minimum absolute atomic E-state index is 0.270. The Kier molecular flexibility index (Phi) is 5.13. The van der Waals surface area contributed by atoms with E-state index in [4.69, 9.17) is 0 Å². The van der Waals surface area contributed by atoms with Gasteiger partial charge in [0, 0.05) is 33.3 Å². The monoisotopic (exact) mass is 382 g/mol. The second-order valence-corrected chi connectivity index (χ2v) is 6.35. The summed E-state index contributed by atoms with van der Waals surface area (Å²) in [7, 11) is 1.99. The van der Waals surface area contributed by atoms with Crippen molar-refractivity contribution >= 4 is 31.9 Å². The van der Waals surface area contributed by atoms with Crippen LogP contribution in [0.4, 0.5) is 0 Å².